The molecular formula is C27H36O12. The van der Waals surface area contributed by atoms with Crippen LogP contribution >= 0.6 is 0 Å². The first-order valence-electron chi connectivity index (χ1n) is 12.5. The van der Waals surface area contributed by atoms with Crippen molar-refractivity contribution in [2.75, 3.05) is 48.3 Å². The highest BCUT2D eigenvalue weighted by Gasteiger charge is 2.44. The van der Waals surface area contributed by atoms with E-state index in [0.717, 1.165) is 5.56 Å². The molecule has 0 amide bonds. The van der Waals surface area contributed by atoms with E-state index in [-0.39, 0.29) is 60.2 Å². The van der Waals surface area contributed by atoms with Crippen LogP contribution in [0, 0.1) is 11.8 Å². The molecule has 39 heavy (non-hydrogen) atoms. The lowest BCUT2D eigenvalue weighted by atomic mass is 9.66. The zero-order valence-electron chi connectivity index (χ0n) is 22.2. The Balaban J connectivity index is 1.86. The summed E-state index contributed by atoms with van der Waals surface area (Å²) >= 11 is 0. The van der Waals surface area contributed by atoms with Crippen LogP contribution in [0.3, 0.4) is 0 Å². The van der Waals surface area contributed by atoms with E-state index < -0.39 is 36.4 Å². The van der Waals surface area contributed by atoms with E-state index in [1.54, 1.807) is 18.2 Å². The van der Waals surface area contributed by atoms with E-state index >= 15 is 0 Å². The molecule has 2 unspecified atom stereocenters. The van der Waals surface area contributed by atoms with Gasteiger partial charge in [0.15, 0.2) is 29.3 Å². The van der Waals surface area contributed by atoms with Crippen molar-refractivity contribution >= 4 is 0 Å². The number of aliphatic hydroxyl groups is 4. The molecule has 2 aromatic rings. The second kappa shape index (κ2) is 12.0. The monoisotopic (exact) mass is 552 g/mol. The summed E-state index contributed by atoms with van der Waals surface area (Å²) in [6.07, 6.45) is -5.04. The molecule has 2 aromatic carbocycles. The maximum absolute atomic E-state index is 11.0. The Bertz CT molecular complexity index is 1130. The van der Waals surface area contributed by atoms with Crippen molar-refractivity contribution < 1.29 is 59.1 Å². The SMILES string of the molecule is COc1cc([C@@H]2c3c(cc(OC)c(O)c3OC)C[C@H](CO)[C@H]2CO[C@H]2OC[C@H](O)C(O)C2O)cc(OC)c1O. The van der Waals surface area contributed by atoms with Crippen molar-refractivity contribution in [2.45, 2.75) is 36.9 Å². The third kappa shape index (κ3) is 5.28. The van der Waals surface area contributed by atoms with Gasteiger partial charge in [0.05, 0.1) is 41.7 Å². The van der Waals surface area contributed by atoms with E-state index in [2.05, 4.69) is 0 Å². The third-order valence-corrected chi connectivity index (χ3v) is 7.60. The maximum Gasteiger partial charge on any atom is 0.201 e. The lowest BCUT2D eigenvalue weighted by molar-refractivity contribution is -0.274. The molecule has 1 aliphatic heterocycles. The van der Waals surface area contributed by atoms with Gasteiger partial charge in [0.25, 0.3) is 0 Å². The van der Waals surface area contributed by atoms with E-state index in [4.69, 9.17) is 28.4 Å². The van der Waals surface area contributed by atoms with Crippen LogP contribution in [0.15, 0.2) is 18.2 Å². The van der Waals surface area contributed by atoms with Crippen molar-refractivity contribution in [3.8, 4) is 34.5 Å². The summed E-state index contributed by atoms with van der Waals surface area (Å²) in [6.45, 7) is -0.504. The Morgan fingerprint density at radius 3 is 2.03 bits per heavy atom. The van der Waals surface area contributed by atoms with Gasteiger partial charge < -0.3 is 59.1 Å². The number of phenols is 2. The number of methoxy groups -OCH3 is 4. The van der Waals surface area contributed by atoms with Crippen molar-refractivity contribution in [2.24, 2.45) is 11.8 Å². The quantitative estimate of drug-likeness (QED) is 0.254. The molecular weight excluding hydrogens is 516 g/mol. The Kier molecular flexibility index (Phi) is 8.94. The van der Waals surface area contributed by atoms with Gasteiger partial charge in [-0.3, -0.25) is 0 Å². The third-order valence-electron chi connectivity index (χ3n) is 7.60. The smallest absolute Gasteiger partial charge is 0.201 e. The van der Waals surface area contributed by atoms with Gasteiger partial charge in [0.1, 0.15) is 18.3 Å². The predicted octanol–water partition coefficient (Wildman–Crippen LogP) is 0.500. The fourth-order valence-electron chi connectivity index (χ4n) is 5.55. The summed E-state index contributed by atoms with van der Waals surface area (Å²) < 4.78 is 33.2. The van der Waals surface area contributed by atoms with Gasteiger partial charge >= 0.3 is 0 Å². The van der Waals surface area contributed by atoms with Crippen LogP contribution in [-0.2, 0) is 15.9 Å². The highest BCUT2D eigenvalue weighted by Crippen LogP contribution is 2.54. The van der Waals surface area contributed by atoms with Crippen molar-refractivity contribution in [3.63, 3.8) is 0 Å². The summed E-state index contributed by atoms with van der Waals surface area (Å²) in [5.41, 5.74) is 1.99. The Morgan fingerprint density at radius 2 is 1.46 bits per heavy atom. The Labute approximate surface area is 225 Å². The molecule has 4 rings (SSSR count). The van der Waals surface area contributed by atoms with Gasteiger partial charge in [0, 0.05) is 18.1 Å². The fourth-order valence-corrected chi connectivity index (χ4v) is 5.55. The first-order chi connectivity index (χ1) is 18.7. The van der Waals surface area contributed by atoms with Crippen molar-refractivity contribution in [3.05, 3.63) is 34.9 Å². The predicted molar refractivity (Wildman–Crippen MR) is 136 cm³/mol. The van der Waals surface area contributed by atoms with Crippen LogP contribution in [0.4, 0.5) is 0 Å². The number of benzene rings is 2. The Hall–Kier alpha value is -3.00. The van der Waals surface area contributed by atoms with Crippen LogP contribution in [0.5, 0.6) is 34.5 Å². The maximum atomic E-state index is 11.0. The highest BCUT2D eigenvalue weighted by atomic mass is 16.7. The van der Waals surface area contributed by atoms with Crippen LogP contribution < -0.4 is 18.9 Å². The van der Waals surface area contributed by atoms with Gasteiger partial charge in [-0.15, -0.1) is 0 Å². The molecule has 0 spiro atoms. The number of aliphatic hydroxyl groups excluding tert-OH is 4. The molecule has 12 nitrogen and oxygen atoms in total. The van der Waals surface area contributed by atoms with Crippen LogP contribution in [0.25, 0.3) is 0 Å². The summed E-state index contributed by atoms with van der Waals surface area (Å²) in [6, 6.07) is 4.96. The van der Waals surface area contributed by atoms with E-state index in [0.29, 0.717) is 17.5 Å². The van der Waals surface area contributed by atoms with Crippen molar-refractivity contribution in [1.29, 1.82) is 0 Å². The number of hydrogen-bond acceptors (Lipinski definition) is 12. The van der Waals surface area contributed by atoms with Crippen molar-refractivity contribution in [1.82, 2.24) is 0 Å². The lowest BCUT2D eigenvalue weighted by Gasteiger charge is -2.42. The number of hydrogen-bond donors (Lipinski definition) is 6. The van der Waals surface area contributed by atoms with Gasteiger partial charge in [-0.2, -0.15) is 0 Å². The zero-order chi connectivity index (χ0) is 28.4. The van der Waals surface area contributed by atoms with Gasteiger partial charge in [-0.25, -0.2) is 0 Å². The van der Waals surface area contributed by atoms with Crippen LogP contribution in [-0.4, -0.2) is 104 Å². The number of aromatic hydroxyl groups is 2. The average molecular weight is 553 g/mol. The molecule has 216 valence electrons. The standard InChI is InChI=1S/C27H36O12/c1-34-17-7-13(8-18(35-2)23(17)31)20-15(10-38-27-25(33)22(30)16(29)11-39-27)14(9-28)5-12-6-19(36-3)24(32)26(37-4)21(12)20/h6-8,14-16,20,22,25,27-33H,5,9-11H2,1-4H3/t14-,15-,16+,20+,22?,25?,27+/m1/s1. The largest absolute Gasteiger partial charge is 0.502 e. The summed E-state index contributed by atoms with van der Waals surface area (Å²) in [4.78, 5) is 0. The van der Waals surface area contributed by atoms with E-state index in [1.807, 2.05) is 0 Å². The molecule has 12 heteroatoms. The molecule has 1 fully saturated rings. The summed E-state index contributed by atoms with van der Waals surface area (Å²) in [5, 5.41) is 62.3. The van der Waals surface area contributed by atoms with Gasteiger partial charge in [-0.05, 0) is 47.6 Å². The molecule has 0 saturated carbocycles. The molecule has 7 atom stereocenters. The lowest BCUT2D eigenvalue weighted by Crippen LogP contribution is -2.54. The minimum Gasteiger partial charge on any atom is -0.502 e. The molecule has 0 aromatic heterocycles. The number of rotatable bonds is 9. The van der Waals surface area contributed by atoms with Gasteiger partial charge in [-0.1, -0.05) is 0 Å². The topological polar surface area (TPSA) is 177 Å². The molecule has 2 aliphatic rings. The molecule has 0 radical (unpaired) electrons. The number of phenolic OH excluding ortho intramolecular Hbond substituents is 2. The zero-order valence-corrected chi connectivity index (χ0v) is 22.2. The number of fused-ring (bicyclic) bond motifs is 1. The molecule has 0 bridgehead atoms. The van der Waals surface area contributed by atoms with E-state index in [9.17, 15) is 30.6 Å². The minimum atomic E-state index is -1.49. The minimum absolute atomic E-state index is 0.0542. The first kappa shape index (κ1) is 29.0. The molecule has 6 N–H and O–H groups in total. The average Bonchev–Trinajstić information content (AvgIpc) is 2.94. The Morgan fingerprint density at radius 1 is 0.846 bits per heavy atom. The normalized spacial score (nSPS) is 28.5. The summed E-state index contributed by atoms with van der Waals surface area (Å²) in [7, 11) is 5.66. The molecule has 1 saturated heterocycles. The van der Waals surface area contributed by atoms with Crippen LogP contribution in [0.2, 0.25) is 0 Å². The molecule has 1 heterocycles. The van der Waals surface area contributed by atoms with E-state index in [1.165, 1.54) is 28.4 Å². The van der Waals surface area contributed by atoms with Gasteiger partial charge in [0.2, 0.25) is 11.5 Å². The van der Waals surface area contributed by atoms with Crippen LogP contribution in [0.1, 0.15) is 22.6 Å². The second-order valence-electron chi connectivity index (χ2n) is 9.68. The second-order valence-corrected chi connectivity index (χ2v) is 9.68. The summed E-state index contributed by atoms with van der Waals surface area (Å²) in [5.74, 6) is -1.16. The fraction of sp³-hybridized carbons (Fsp3) is 0.556. The highest BCUT2D eigenvalue weighted by molar-refractivity contribution is 5.64. The molecule has 1 aliphatic carbocycles. The first-order valence-corrected chi connectivity index (χ1v) is 12.5. The number of ether oxygens (including phenoxy) is 6.